The van der Waals surface area contributed by atoms with Gasteiger partial charge in [0.2, 0.25) is 0 Å². The molecule has 1 aromatic carbocycles. The largest absolute Gasteiger partial charge is 0.452 e. The van der Waals surface area contributed by atoms with E-state index in [1.165, 1.54) is 18.2 Å². The first kappa shape index (κ1) is 17.9. The van der Waals surface area contributed by atoms with Gasteiger partial charge in [0.15, 0.2) is 6.61 Å². The highest BCUT2D eigenvalue weighted by Gasteiger charge is 2.28. The van der Waals surface area contributed by atoms with E-state index in [4.69, 9.17) is 4.74 Å². The van der Waals surface area contributed by atoms with Crippen LogP contribution in [0.1, 0.15) is 43.5 Å². The number of benzene rings is 1. The molecule has 1 N–H and O–H groups in total. The Morgan fingerprint density at radius 1 is 1.26 bits per heavy atom. The van der Waals surface area contributed by atoms with Gasteiger partial charge in [0.1, 0.15) is 0 Å². The van der Waals surface area contributed by atoms with E-state index in [1.807, 2.05) is 18.4 Å². The molecule has 0 aliphatic heterocycles. The maximum Gasteiger partial charge on any atom is 0.339 e. The van der Waals surface area contributed by atoms with Gasteiger partial charge >= 0.3 is 5.97 Å². The summed E-state index contributed by atoms with van der Waals surface area (Å²) in [6.45, 7) is 4.18. The van der Waals surface area contributed by atoms with E-state index < -0.39 is 5.97 Å². The van der Waals surface area contributed by atoms with Gasteiger partial charge in [-0.3, -0.25) is 4.79 Å². The molecule has 1 amide bonds. The molecule has 1 aliphatic rings. The number of hydrogen-bond donors (Lipinski definition) is 1. The molecule has 0 aromatic heterocycles. The van der Waals surface area contributed by atoms with Gasteiger partial charge in [-0.25, -0.2) is 4.79 Å². The number of hydrogen-bond acceptors (Lipinski definition) is 4. The van der Waals surface area contributed by atoms with E-state index >= 15 is 0 Å². The van der Waals surface area contributed by atoms with Crippen LogP contribution in [0.15, 0.2) is 29.2 Å². The minimum atomic E-state index is -0.449. The van der Waals surface area contributed by atoms with Crippen molar-refractivity contribution in [1.82, 2.24) is 5.32 Å². The van der Waals surface area contributed by atoms with E-state index in [1.54, 1.807) is 12.1 Å². The van der Waals surface area contributed by atoms with Crippen LogP contribution in [0.2, 0.25) is 0 Å². The number of ether oxygens (including phenoxy) is 1. The molecule has 0 saturated heterocycles. The Morgan fingerprint density at radius 3 is 2.74 bits per heavy atom. The average Bonchev–Trinajstić information content (AvgIpc) is 2.56. The van der Waals surface area contributed by atoms with Crippen molar-refractivity contribution < 1.29 is 14.3 Å². The zero-order valence-electron chi connectivity index (χ0n) is 14.0. The van der Waals surface area contributed by atoms with E-state index in [-0.39, 0.29) is 18.6 Å². The first-order valence-corrected chi connectivity index (χ1v) is 9.35. The van der Waals surface area contributed by atoms with Crippen molar-refractivity contribution in [2.24, 2.45) is 11.8 Å². The molecule has 4 nitrogen and oxygen atoms in total. The smallest absolute Gasteiger partial charge is 0.339 e. The third-order valence-corrected chi connectivity index (χ3v) is 5.51. The van der Waals surface area contributed by atoms with Crippen molar-refractivity contribution in [1.29, 1.82) is 0 Å². The lowest BCUT2D eigenvalue weighted by molar-refractivity contribution is -0.125. The van der Waals surface area contributed by atoms with Gasteiger partial charge in [-0.1, -0.05) is 38.8 Å². The lowest BCUT2D eigenvalue weighted by Crippen LogP contribution is -2.45. The lowest BCUT2D eigenvalue weighted by atomic mass is 9.78. The van der Waals surface area contributed by atoms with Crippen LogP contribution in [0.4, 0.5) is 0 Å². The van der Waals surface area contributed by atoms with E-state index in [0.29, 0.717) is 17.4 Å². The molecular weight excluding hydrogens is 310 g/mol. The summed E-state index contributed by atoms with van der Waals surface area (Å²) in [4.78, 5) is 25.0. The SMILES string of the molecule is CSc1ccccc1C(=O)OCC(=O)N[C@@H]1CCC[C@H](C)[C@H]1C. The molecule has 1 aliphatic carbocycles. The molecule has 2 rings (SSSR count). The number of esters is 1. The van der Waals surface area contributed by atoms with Crippen LogP contribution in [-0.4, -0.2) is 30.8 Å². The third-order valence-electron chi connectivity index (χ3n) is 4.71. The quantitative estimate of drug-likeness (QED) is 0.661. The number of thioether (sulfide) groups is 1. The summed E-state index contributed by atoms with van der Waals surface area (Å²) in [5.74, 6) is 0.409. The molecule has 126 valence electrons. The Bertz CT molecular complexity index is 561. The van der Waals surface area contributed by atoms with Crippen LogP contribution in [0.25, 0.3) is 0 Å². The Morgan fingerprint density at radius 2 is 2.00 bits per heavy atom. The highest BCUT2D eigenvalue weighted by atomic mass is 32.2. The Hall–Kier alpha value is -1.49. The van der Waals surface area contributed by atoms with Gasteiger partial charge in [-0.05, 0) is 36.6 Å². The van der Waals surface area contributed by atoms with Crippen LogP contribution in [0.3, 0.4) is 0 Å². The van der Waals surface area contributed by atoms with Crippen LogP contribution in [0, 0.1) is 11.8 Å². The normalized spacial score (nSPS) is 24.0. The zero-order chi connectivity index (χ0) is 16.8. The van der Waals surface area contributed by atoms with Gasteiger partial charge in [0.05, 0.1) is 5.56 Å². The van der Waals surface area contributed by atoms with Crippen molar-refractivity contribution in [3.63, 3.8) is 0 Å². The summed E-state index contributed by atoms with van der Waals surface area (Å²) in [7, 11) is 0. The number of carbonyl (C=O) groups excluding carboxylic acids is 2. The Kier molecular flexibility index (Phi) is 6.51. The van der Waals surface area contributed by atoms with Crippen LogP contribution < -0.4 is 5.32 Å². The topological polar surface area (TPSA) is 55.4 Å². The summed E-state index contributed by atoms with van der Waals surface area (Å²) < 4.78 is 5.17. The van der Waals surface area contributed by atoms with Gasteiger partial charge < -0.3 is 10.1 Å². The van der Waals surface area contributed by atoms with E-state index in [9.17, 15) is 9.59 Å². The average molecular weight is 335 g/mol. The van der Waals surface area contributed by atoms with Crippen molar-refractivity contribution in [2.75, 3.05) is 12.9 Å². The van der Waals surface area contributed by atoms with Gasteiger partial charge in [0.25, 0.3) is 5.91 Å². The molecule has 1 aromatic rings. The maximum atomic E-state index is 12.1. The predicted octanol–water partition coefficient (Wildman–Crippen LogP) is 3.51. The molecule has 0 bridgehead atoms. The zero-order valence-corrected chi connectivity index (χ0v) is 14.8. The Labute approximate surface area is 142 Å². The second-order valence-electron chi connectivity index (χ2n) is 6.22. The maximum absolute atomic E-state index is 12.1. The van der Waals surface area contributed by atoms with E-state index in [2.05, 4.69) is 19.2 Å². The fourth-order valence-electron chi connectivity index (χ4n) is 3.06. The highest BCUT2D eigenvalue weighted by molar-refractivity contribution is 7.98. The molecule has 1 saturated carbocycles. The second kappa shape index (κ2) is 8.39. The number of amides is 1. The lowest BCUT2D eigenvalue weighted by Gasteiger charge is -2.34. The third kappa shape index (κ3) is 4.74. The monoisotopic (exact) mass is 335 g/mol. The molecule has 0 heterocycles. The number of carbonyl (C=O) groups is 2. The summed E-state index contributed by atoms with van der Waals surface area (Å²) in [6.07, 6.45) is 5.26. The predicted molar refractivity (Wildman–Crippen MR) is 92.6 cm³/mol. The summed E-state index contributed by atoms with van der Waals surface area (Å²) >= 11 is 1.49. The first-order valence-electron chi connectivity index (χ1n) is 8.12. The molecule has 3 atom stereocenters. The molecule has 0 radical (unpaired) electrons. The molecule has 0 unspecified atom stereocenters. The first-order chi connectivity index (χ1) is 11.0. The minimum Gasteiger partial charge on any atom is -0.452 e. The van der Waals surface area contributed by atoms with Crippen molar-refractivity contribution in [2.45, 2.75) is 44.0 Å². The fraction of sp³-hybridized carbons (Fsp3) is 0.556. The van der Waals surface area contributed by atoms with E-state index in [0.717, 1.165) is 17.7 Å². The molecule has 1 fully saturated rings. The van der Waals surface area contributed by atoms with Crippen LogP contribution in [0.5, 0.6) is 0 Å². The van der Waals surface area contributed by atoms with Crippen molar-refractivity contribution in [3.8, 4) is 0 Å². The molecular formula is C18H25NO3S. The summed E-state index contributed by atoms with van der Waals surface area (Å²) in [5.41, 5.74) is 0.507. The van der Waals surface area contributed by atoms with Crippen LogP contribution >= 0.6 is 11.8 Å². The van der Waals surface area contributed by atoms with Gasteiger partial charge in [0, 0.05) is 10.9 Å². The number of rotatable bonds is 5. The second-order valence-corrected chi connectivity index (χ2v) is 7.07. The van der Waals surface area contributed by atoms with Crippen LogP contribution in [-0.2, 0) is 9.53 Å². The summed E-state index contributed by atoms with van der Waals surface area (Å²) in [5, 5.41) is 3.01. The Balaban J connectivity index is 1.85. The fourth-order valence-corrected chi connectivity index (χ4v) is 3.64. The van der Waals surface area contributed by atoms with Crippen molar-refractivity contribution in [3.05, 3.63) is 29.8 Å². The standard InChI is InChI=1S/C18H25NO3S/c1-12-7-6-9-15(13(12)2)19-17(20)11-22-18(21)14-8-4-5-10-16(14)23-3/h4-5,8,10,12-13,15H,6-7,9,11H2,1-3H3,(H,19,20)/t12-,13+,15+/m0/s1. The number of nitrogens with one attached hydrogen (secondary N) is 1. The molecule has 23 heavy (non-hydrogen) atoms. The van der Waals surface area contributed by atoms with Crippen molar-refractivity contribution >= 4 is 23.6 Å². The van der Waals surface area contributed by atoms with Gasteiger partial charge in [-0.15, -0.1) is 11.8 Å². The highest BCUT2D eigenvalue weighted by Crippen LogP contribution is 2.29. The molecule has 0 spiro atoms. The summed E-state index contributed by atoms with van der Waals surface area (Å²) in [6, 6.07) is 7.44. The van der Waals surface area contributed by atoms with Gasteiger partial charge in [-0.2, -0.15) is 0 Å². The minimum absolute atomic E-state index is 0.184. The molecule has 5 heteroatoms.